The van der Waals surface area contributed by atoms with Crippen LogP contribution in [0.4, 0.5) is 0 Å². The largest absolute Gasteiger partial charge is 0.313 e. The minimum atomic E-state index is 0.782. The van der Waals surface area contributed by atoms with Gasteiger partial charge in [-0.15, -0.1) is 0 Å². The summed E-state index contributed by atoms with van der Waals surface area (Å²) in [6.45, 7) is 0.882. The molecule has 0 saturated carbocycles. The van der Waals surface area contributed by atoms with Crippen LogP contribution in [0.5, 0.6) is 0 Å². The first-order chi connectivity index (χ1) is 4.97. The van der Waals surface area contributed by atoms with E-state index in [2.05, 4.69) is 9.98 Å². The molecule has 50 valence electrons. The maximum Gasteiger partial charge on any atom is 0.229 e. The monoisotopic (exact) mass is 133 g/mol. The summed E-state index contributed by atoms with van der Waals surface area (Å²) < 4.78 is 0. The first-order valence-corrected chi connectivity index (χ1v) is 3.17. The molecule has 0 aromatic heterocycles. The van der Waals surface area contributed by atoms with Crippen LogP contribution in [0.1, 0.15) is 0 Å². The second kappa shape index (κ2) is 2.10. The average Bonchev–Trinajstić information content (AvgIpc) is 2.05. The summed E-state index contributed by atoms with van der Waals surface area (Å²) in [7, 11) is 0. The van der Waals surface area contributed by atoms with E-state index in [4.69, 9.17) is 0 Å². The second-order valence-electron chi connectivity index (χ2n) is 2.09. The average molecular weight is 133 g/mol. The van der Waals surface area contributed by atoms with Gasteiger partial charge in [-0.1, -0.05) is 0 Å². The van der Waals surface area contributed by atoms with E-state index in [1.54, 1.807) is 12.4 Å². The Balaban J connectivity index is 2.34. The second-order valence-corrected chi connectivity index (χ2v) is 2.09. The summed E-state index contributed by atoms with van der Waals surface area (Å²) in [6.07, 6.45) is 9.39. The number of rotatable bonds is 0. The molecule has 0 spiro atoms. The van der Waals surface area contributed by atoms with Crippen LogP contribution in [0.2, 0.25) is 0 Å². The molecule has 0 N–H and O–H groups in total. The molecule has 0 aliphatic carbocycles. The zero-order valence-electron chi connectivity index (χ0n) is 5.44. The lowest BCUT2D eigenvalue weighted by atomic mass is 10.4. The highest BCUT2D eigenvalue weighted by Crippen LogP contribution is 2.04. The highest BCUT2D eigenvalue weighted by atomic mass is 15.3. The smallest absolute Gasteiger partial charge is 0.229 e. The molecule has 2 aliphatic heterocycles. The van der Waals surface area contributed by atoms with E-state index < -0.39 is 0 Å². The fourth-order valence-corrected chi connectivity index (χ4v) is 0.923. The van der Waals surface area contributed by atoms with Crippen molar-refractivity contribution in [1.29, 1.82) is 0 Å². The first kappa shape index (κ1) is 5.41. The van der Waals surface area contributed by atoms with E-state index in [9.17, 15) is 0 Å². The van der Waals surface area contributed by atoms with Crippen LogP contribution >= 0.6 is 0 Å². The van der Waals surface area contributed by atoms with Crippen molar-refractivity contribution >= 4 is 12.2 Å². The summed E-state index contributed by atoms with van der Waals surface area (Å²) in [6, 6.07) is 0. The maximum absolute atomic E-state index is 4.06. The molecule has 3 heteroatoms. The van der Waals surface area contributed by atoms with Crippen molar-refractivity contribution < 1.29 is 0 Å². The molecular formula is C7H7N3. The Bertz CT molecular complexity index is 248. The van der Waals surface area contributed by atoms with Gasteiger partial charge in [0.2, 0.25) is 5.96 Å². The number of allylic oxidation sites excluding steroid dienone is 1. The van der Waals surface area contributed by atoms with Gasteiger partial charge < -0.3 is 4.90 Å². The van der Waals surface area contributed by atoms with Crippen LogP contribution in [-0.2, 0) is 0 Å². The van der Waals surface area contributed by atoms with Gasteiger partial charge in [0, 0.05) is 25.2 Å². The van der Waals surface area contributed by atoms with Gasteiger partial charge in [0.25, 0.3) is 0 Å². The zero-order chi connectivity index (χ0) is 6.81. The molecule has 0 amide bonds. The number of nitrogens with zero attached hydrogens (tertiary/aromatic N) is 3. The third-order valence-corrected chi connectivity index (χ3v) is 1.40. The van der Waals surface area contributed by atoms with Crippen molar-refractivity contribution in [3.05, 3.63) is 24.6 Å². The molecule has 0 fully saturated rings. The van der Waals surface area contributed by atoms with Crippen molar-refractivity contribution in [1.82, 2.24) is 4.90 Å². The molecule has 2 heterocycles. The van der Waals surface area contributed by atoms with Crippen molar-refractivity contribution in [3.8, 4) is 0 Å². The number of fused-ring (bicyclic) bond motifs is 1. The van der Waals surface area contributed by atoms with Crippen LogP contribution in [0.15, 0.2) is 34.5 Å². The molecule has 0 saturated heterocycles. The molecule has 0 aromatic carbocycles. The van der Waals surface area contributed by atoms with Gasteiger partial charge >= 0.3 is 0 Å². The van der Waals surface area contributed by atoms with E-state index >= 15 is 0 Å². The Kier molecular flexibility index (Phi) is 1.13. The topological polar surface area (TPSA) is 28.0 Å². The van der Waals surface area contributed by atoms with E-state index in [0.29, 0.717) is 0 Å². The van der Waals surface area contributed by atoms with Crippen LogP contribution in [0, 0.1) is 0 Å². The molecule has 0 radical (unpaired) electrons. The molecule has 3 nitrogen and oxygen atoms in total. The number of hydrogen-bond donors (Lipinski definition) is 0. The molecular weight excluding hydrogens is 126 g/mol. The van der Waals surface area contributed by atoms with Crippen molar-refractivity contribution in [2.45, 2.75) is 0 Å². The van der Waals surface area contributed by atoms with Gasteiger partial charge in [-0.05, 0) is 12.2 Å². The lowest BCUT2D eigenvalue weighted by molar-refractivity contribution is 0.603. The van der Waals surface area contributed by atoms with Crippen LogP contribution in [0.25, 0.3) is 0 Å². The highest BCUT2D eigenvalue weighted by molar-refractivity contribution is 5.94. The summed E-state index contributed by atoms with van der Waals surface area (Å²) in [5.74, 6) is 0.782. The maximum atomic E-state index is 4.06. The number of guanidine groups is 1. The summed E-state index contributed by atoms with van der Waals surface area (Å²) >= 11 is 0. The van der Waals surface area contributed by atoms with E-state index in [-0.39, 0.29) is 0 Å². The van der Waals surface area contributed by atoms with Crippen LogP contribution < -0.4 is 0 Å². The minimum Gasteiger partial charge on any atom is -0.313 e. The van der Waals surface area contributed by atoms with Gasteiger partial charge in [-0.2, -0.15) is 0 Å². The van der Waals surface area contributed by atoms with Gasteiger partial charge in [0.05, 0.1) is 0 Å². The third kappa shape index (κ3) is 0.757. The van der Waals surface area contributed by atoms with Gasteiger partial charge in [0.1, 0.15) is 0 Å². The summed E-state index contributed by atoms with van der Waals surface area (Å²) in [5, 5.41) is 0. The summed E-state index contributed by atoms with van der Waals surface area (Å²) in [4.78, 5) is 10.1. The van der Waals surface area contributed by atoms with E-state index in [1.165, 1.54) is 0 Å². The number of aliphatic imine (C=N–C) groups is 2. The molecule has 0 aromatic rings. The number of hydrogen-bond acceptors (Lipinski definition) is 3. The molecule has 0 atom stereocenters. The lowest BCUT2D eigenvalue weighted by Gasteiger charge is -2.20. The fourth-order valence-electron chi connectivity index (χ4n) is 0.923. The third-order valence-electron chi connectivity index (χ3n) is 1.40. The summed E-state index contributed by atoms with van der Waals surface area (Å²) in [5.41, 5.74) is 0. The fraction of sp³-hybridized carbons (Fsp3) is 0.143. The Labute approximate surface area is 59.1 Å². The quantitative estimate of drug-likeness (QED) is 0.479. The van der Waals surface area contributed by atoms with E-state index in [0.717, 1.165) is 12.5 Å². The standard InChI is InChI=1S/C7H7N3/c1-3-8-7-9-4-2-6-10(7)5-1/h1-5H,6H2. The predicted molar refractivity (Wildman–Crippen MR) is 40.9 cm³/mol. The van der Waals surface area contributed by atoms with Gasteiger partial charge in [0.15, 0.2) is 0 Å². The predicted octanol–water partition coefficient (Wildman–Crippen LogP) is 0.770. The van der Waals surface area contributed by atoms with Crippen molar-refractivity contribution in [3.63, 3.8) is 0 Å². The molecule has 2 rings (SSSR count). The van der Waals surface area contributed by atoms with E-state index in [1.807, 2.05) is 23.3 Å². The molecule has 0 unspecified atom stereocenters. The first-order valence-electron chi connectivity index (χ1n) is 3.17. The Morgan fingerprint density at radius 2 is 2.50 bits per heavy atom. The normalized spacial score (nSPS) is 20.8. The molecule has 10 heavy (non-hydrogen) atoms. The SMILES string of the molecule is C1=CN2CC=CN=C2N=C1. The lowest BCUT2D eigenvalue weighted by Crippen LogP contribution is -2.27. The highest BCUT2D eigenvalue weighted by Gasteiger charge is 2.08. The Morgan fingerprint density at radius 3 is 3.40 bits per heavy atom. The Hall–Kier alpha value is -1.38. The van der Waals surface area contributed by atoms with Crippen molar-refractivity contribution in [2.75, 3.05) is 6.54 Å². The Morgan fingerprint density at radius 1 is 1.50 bits per heavy atom. The van der Waals surface area contributed by atoms with Gasteiger partial charge in [-0.25, -0.2) is 9.98 Å². The zero-order valence-corrected chi connectivity index (χ0v) is 5.44. The van der Waals surface area contributed by atoms with Crippen molar-refractivity contribution in [2.24, 2.45) is 9.98 Å². The minimum absolute atomic E-state index is 0.782. The van der Waals surface area contributed by atoms with Gasteiger partial charge in [-0.3, -0.25) is 0 Å². The van der Waals surface area contributed by atoms with Crippen LogP contribution in [-0.4, -0.2) is 23.6 Å². The van der Waals surface area contributed by atoms with Crippen LogP contribution in [0.3, 0.4) is 0 Å². The molecule has 0 bridgehead atoms. The molecule has 2 aliphatic rings.